The van der Waals surface area contributed by atoms with Gasteiger partial charge in [-0.3, -0.25) is 10.2 Å². The van der Waals surface area contributed by atoms with Crippen molar-refractivity contribution in [3.05, 3.63) is 11.8 Å². The summed E-state index contributed by atoms with van der Waals surface area (Å²) >= 11 is 0. The third-order valence-corrected chi connectivity index (χ3v) is 2.12. The molecule has 0 saturated carbocycles. The van der Waals surface area contributed by atoms with Crippen molar-refractivity contribution in [2.24, 2.45) is 5.84 Å². The van der Waals surface area contributed by atoms with E-state index in [1.807, 2.05) is 13.8 Å². The fraction of sp³-hybridized carbons (Fsp3) is 0.500. The molecule has 0 aliphatic carbocycles. The number of nitrogens with two attached hydrogens (primary N) is 1. The molecule has 1 aromatic heterocycles. The summed E-state index contributed by atoms with van der Waals surface area (Å²) in [6, 6.07) is 0. The molecule has 0 radical (unpaired) electrons. The number of nitrogens with one attached hydrogen (secondary N) is 3. The van der Waals surface area contributed by atoms with Crippen LogP contribution in [0, 0.1) is 6.92 Å². The Morgan fingerprint density at radius 2 is 2.29 bits per heavy atom. The van der Waals surface area contributed by atoms with E-state index < -0.39 is 0 Å². The highest BCUT2D eigenvalue weighted by Gasteiger charge is 2.04. The molecule has 0 spiro atoms. The Labute approximate surface area is 100 Å². The maximum Gasteiger partial charge on any atom is 0.239 e. The second-order valence-electron chi connectivity index (χ2n) is 3.50. The molecule has 0 bridgehead atoms. The summed E-state index contributed by atoms with van der Waals surface area (Å²) in [6.07, 6.45) is 2.07. The first-order chi connectivity index (χ1) is 8.17. The van der Waals surface area contributed by atoms with Crippen LogP contribution >= 0.6 is 0 Å². The number of carbonyl (C=O) groups excluding carboxylic acids is 1. The highest BCUT2D eigenvalue weighted by molar-refractivity contribution is 5.76. The van der Waals surface area contributed by atoms with E-state index in [1.54, 1.807) is 6.20 Å². The van der Waals surface area contributed by atoms with Gasteiger partial charge in [-0.05, 0) is 13.8 Å². The maximum atomic E-state index is 11.2. The molecule has 1 amide bonds. The van der Waals surface area contributed by atoms with Crippen LogP contribution in [-0.2, 0) is 4.79 Å². The van der Waals surface area contributed by atoms with E-state index in [0.717, 1.165) is 5.56 Å². The van der Waals surface area contributed by atoms with Crippen LogP contribution in [0.3, 0.4) is 0 Å². The predicted octanol–water partition coefficient (Wildman–Crippen LogP) is 0.00872. The summed E-state index contributed by atoms with van der Waals surface area (Å²) in [5.41, 5.74) is 3.28. The van der Waals surface area contributed by atoms with Gasteiger partial charge in [0.15, 0.2) is 0 Å². The zero-order valence-electron chi connectivity index (χ0n) is 10.1. The van der Waals surface area contributed by atoms with Crippen LogP contribution in [0.5, 0.6) is 0 Å². The van der Waals surface area contributed by atoms with Crippen LogP contribution in [0.2, 0.25) is 0 Å². The van der Waals surface area contributed by atoms with Crippen molar-refractivity contribution in [1.82, 2.24) is 15.3 Å². The number of rotatable bonds is 6. The van der Waals surface area contributed by atoms with Crippen molar-refractivity contribution in [3.8, 4) is 0 Å². The lowest BCUT2D eigenvalue weighted by Gasteiger charge is -2.09. The predicted molar refractivity (Wildman–Crippen MR) is 66.4 cm³/mol. The number of aryl methyl sites for hydroxylation is 1. The minimum absolute atomic E-state index is 0.0175. The first-order valence-corrected chi connectivity index (χ1v) is 5.48. The first-order valence-electron chi connectivity index (χ1n) is 5.48. The monoisotopic (exact) mass is 238 g/mol. The topological polar surface area (TPSA) is 105 Å². The standard InChI is InChI=1S/C10H18N6O/c1-3-12-8(17)4-5-13-9-7(2)6-14-10(15-9)16-11/h6H,3-5,11H2,1-2H3,(H,12,17)(H2,13,14,15,16). The van der Waals surface area contributed by atoms with Crippen LogP contribution in [0.4, 0.5) is 11.8 Å². The van der Waals surface area contributed by atoms with Crippen molar-refractivity contribution < 1.29 is 4.79 Å². The lowest BCUT2D eigenvalue weighted by Crippen LogP contribution is -2.25. The number of amides is 1. The Morgan fingerprint density at radius 1 is 1.53 bits per heavy atom. The number of hydrogen-bond acceptors (Lipinski definition) is 6. The molecule has 0 unspecified atom stereocenters. The highest BCUT2D eigenvalue weighted by Crippen LogP contribution is 2.11. The number of hydrogen-bond donors (Lipinski definition) is 4. The minimum atomic E-state index is 0.0175. The molecule has 94 valence electrons. The third kappa shape index (κ3) is 4.23. The smallest absolute Gasteiger partial charge is 0.239 e. The molecule has 0 saturated heterocycles. The van der Waals surface area contributed by atoms with Gasteiger partial charge < -0.3 is 10.6 Å². The Morgan fingerprint density at radius 3 is 2.94 bits per heavy atom. The number of anilines is 2. The number of hydrazine groups is 1. The molecule has 0 atom stereocenters. The van der Waals surface area contributed by atoms with Gasteiger partial charge in [-0.1, -0.05) is 0 Å². The highest BCUT2D eigenvalue weighted by atomic mass is 16.1. The Hall–Kier alpha value is -1.89. The Bertz CT molecular complexity index is 381. The van der Waals surface area contributed by atoms with Gasteiger partial charge in [0.25, 0.3) is 0 Å². The molecule has 1 rings (SSSR count). The second-order valence-corrected chi connectivity index (χ2v) is 3.50. The molecule has 0 aliphatic rings. The molecule has 0 fully saturated rings. The lowest BCUT2D eigenvalue weighted by atomic mass is 10.3. The molecule has 7 heteroatoms. The SMILES string of the molecule is CCNC(=O)CCNc1nc(NN)ncc1C. The summed E-state index contributed by atoms with van der Waals surface area (Å²) in [4.78, 5) is 19.3. The molecule has 1 aromatic rings. The normalized spacial score (nSPS) is 9.82. The fourth-order valence-electron chi connectivity index (χ4n) is 1.27. The number of nitrogens with zero attached hydrogens (tertiary/aromatic N) is 2. The summed E-state index contributed by atoms with van der Waals surface area (Å²) in [7, 11) is 0. The van der Waals surface area contributed by atoms with E-state index in [-0.39, 0.29) is 5.91 Å². The quantitative estimate of drug-likeness (QED) is 0.411. The molecular weight excluding hydrogens is 220 g/mol. The lowest BCUT2D eigenvalue weighted by molar-refractivity contribution is -0.120. The number of nitrogen functional groups attached to an aromatic ring is 1. The zero-order valence-corrected chi connectivity index (χ0v) is 10.1. The van der Waals surface area contributed by atoms with Crippen molar-refractivity contribution in [2.45, 2.75) is 20.3 Å². The van der Waals surface area contributed by atoms with Gasteiger partial charge in [-0.25, -0.2) is 10.8 Å². The van der Waals surface area contributed by atoms with Crippen molar-refractivity contribution >= 4 is 17.7 Å². The van der Waals surface area contributed by atoms with Gasteiger partial charge >= 0.3 is 0 Å². The minimum Gasteiger partial charge on any atom is -0.369 e. The number of aromatic nitrogens is 2. The molecule has 7 nitrogen and oxygen atoms in total. The third-order valence-electron chi connectivity index (χ3n) is 2.12. The van der Waals surface area contributed by atoms with E-state index in [4.69, 9.17) is 5.84 Å². The van der Waals surface area contributed by atoms with Crippen molar-refractivity contribution in [3.63, 3.8) is 0 Å². The Balaban J connectivity index is 2.48. The molecule has 17 heavy (non-hydrogen) atoms. The van der Waals surface area contributed by atoms with Crippen LogP contribution in [0.25, 0.3) is 0 Å². The fourth-order valence-corrected chi connectivity index (χ4v) is 1.27. The van der Waals surface area contributed by atoms with E-state index in [2.05, 4.69) is 26.0 Å². The first kappa shape index (κ1) is 13.2. The van der Waals surface area contributed by atoms with Crippen LogP contribution < -0.4 is 21.9 Å². The average Bonchev–Trinajstić information content (AvgIpc) is 2.32. The van der Waals surface area contributed by atoms with Gasteiger partial charge in [-0.2, -0.15) is 4.98 Å². The summed E-state index contributed by atoms with van der Waals surface area (Å²) in [5.74, 6) is 6.26. The van der Waals surface area contributed by atoms with Crippen molar-refractivity contribution in [2.75, 3.05) is 23.8 Å². The second kappa shape index (κ2) is 6.64. The van der Waals surface area contributed by atoms with Crippen LogP contribution in [-0.4, -0.2) is 29.0 Å². The summed E-state index contributed by atoms with van der Waals surface area (Å²) in [6.45, 7) is 4.94. The van der Waals surface area contributed by atoms with Crippen LogP contribution in [0.15, 0.2) is 6.20 Å². The van der Waals surface area contributed by atoms with E-state index >= 15 is 0 Å². The largest absolute Gasteiger partial charge is 0.369 e. The van der Waals surface area contributed by atoms with Gasteiger partial charge in [-0.15, -0.1) is 0 Å². The van der Waals surface area contributed by atoms with E-state index in [9.17, 15) is 4.79 Å². The average molecular weight is 238 g/mol. The molecule has 0 aromatic carbocycles. The maximum absolute atomic E-state index is 11.2. The van der Waals surface area contributed by atoms with Gasteiger partial charge in [0.05, 0.1) is 0 Å². The Kier molecular flexibility index (Phi) is 5.15. The van der Waals surface area contributed by atoms with Gasteiger partial charge in [0, 0.05) is 31.3 Å². The van der Waals surface area contributed by atoms with Crippen molar-refractivity contribution in [1.29, 1.82) is 0 Å². The molecule has 5 N–H and O–H groups in total. The summed E-state index contributed by atoms with van der Waals surface area (Å²) in [5, 5.41) is 5.79. The molecule has 1 heterocycles. The van der Waals surface area contributed by atoms with Crippen LogP contribution in [0.1, 0.15) is 18.9 Å². The van der Waals surface area contributed by atoms with E-state index in [1.165, 1.54) is 0 Å². The van der Waals surface area contributed by atoms with E-state index in [0.29, 0.717) is 31.3 Å². The zero-order chi connectivity index (χ0) is 12.7. The molecule has 0 aliphatic heterocycles. The molecular formula is C10H18N6O. The summed E-state index contributed by atoms with van der Waals surface area (Å²) < 4.78 is 0. The van der Waals surface area contributed by atoms with Gasteiger partial charge in [0.2, 0.25) is 11.9 Å². The number of carbonyl (C=O) groups is 1. The van der Waals surface area contributed by atoms with Gasteiger partial charge in [0.1, 0.15) is 5.82 Å².